The van der Waals surface area contributed by atoms with Gasteiger partial charge in [0.2, 0.25) is 0 Å². The molecule has 59 heavy (non-hydrogen) atoms. The van der Waals surface area contributed by atoms with Gasteiger partial charge >= 0.3 is 0 Å². The van der Waals surface area contributed by atoms with E-state index in [1.807, 2.05) is 0 Å². The average Bonchev–Trinajstić information content (AvgIpc) is 3.61. The number of benzene rings is 10. The molecule has 0 saturated carbocycles. The van der Waals surface area contributed by atoms with Gasteiger partial charge in [-0.25, -0.2) is 0 Å². The van der Waals surface area contributed by atoms with Crippen LogP contribution in [0.5, 0.6) is 11.5 Å². The van der Waals surface area contributed by atoms with E-state index in [0.29, 0.717) is 0 Å². The van der Waals surface area contributed by atoms with Crippen molar-refractivity contribution in [1.82, 2.24) is 0 Å². The molecule has 1 atom stereocenters. The summed E-state index contributed by atoms with van der Waals surface area (Å²) < 4.78 is 6.93. The van der Waals surface area contributed by atoms with Gasteiger partial charge in [-0.3, -0.25) is 0 Å². The zero-order valence-electron chi connectivity index (χ0n) is 32.2. The molecule has 2 heteroatoms. The minimum absolute atomic E-state index is 0.598. The third-order valence-corrected chi connectivity index (χ3v) is 12.5. The lowest BCUT2D eigenvalue weighted by molar-refractivity contribution is 0.441. The molecule has 0 fully saturated rings. The normalized spacial score (nSPS) is 14.6. The number of ether oxygens (including phenoxy) is 1. The molecule has 2 nitrogen and oxygen atoms in total. The number of hydrogen-bond donors (Lipinski definition) is 0. The molecule has 10 aromatic rings. The Kier molecular flexibility index (Phi) is 7.48. The molecule has 0 bridgehead atoms. The van der Waals surface area contributed by atoms with Gasteiger partial charge in [0, 0.05) is 33.5 Å². The third kappa shape index (κ3) is 5.06. The summed E-state index contributed by atoms with van der Waals surface area (Å²) in [5.74, 6) is 1.81. The number of rotatable bonds is 5. The monoisotopic (exact) mass is 751 g/mol. The van der Waals surface area contributed by atoms with E-state index < -0.39 is 5.41 Å². The van der Waals surface area contributed by atoms with Crippen molar-refractivity contribution in [2.24, 2.45) is 0 Å². The Morgan fingerprint density at radius 2 is 0.932 bits per heavy atom. The molecule has 1 heterocycles. The summed E-state index contributed by atoms with van der Waals surface area (Å²) in [7, 11) is 0. The molecular weight excluding hydrogens is 715 g/mol. The summed E-state index contributed by atoms with van der Waals surface area (Å²) in [6.07, 6.45) is 0. The first-order valence-corrected chi connectivity index (χ1v) is 20.3. The molecule has 1 aliphatic carbocycles. The second-order valence-corrected chi connectivity index (χ2v) is 15.6. The lowest BCUT2D eigenvalue weighted by atomic mass is 9.65. The fourth-order valence-corrected chi connectivity index (χ4v) is 9.88. The van der Waals surface area contributed by atoms with Crippen molar-refractivity contribution in [3.8, 4) is 44.9 Å². The van der Waals surface area contributed by atoms with Gasteiger partial charge in [-0.1, -0.05) is 182 Å². The Hall–Kier alpha value is -7.68. The first-order valence-electron chi connectivity index (χ1n) is 20.3. The fourth-order valence-electron chi connectivity index (χ4n) is 9.88. The molecule has 1 spiro atoms. The first-order chi connectivity index (χ1) is 29.3. The van der Waals surface area contributed by atoms with Gasteiger partial charge in [0.1, 0.15) is 11.5 Å². The molecule has 0 aromatic heterocycles. The first kappa shape index (κ1) is 33.5. The maximum atomic E-state index is 6.93. The predicted octanol–water partition coefficient (Wildman–Crippen LogP) is 15.3. The van der Waals surface area contributed by atoms with Crippen molar-refractivity contribution in [3.63, 3.8) is 0 Å². The van der Waals surface area contributed by atoms with Gasteiger partial charge < -0.3 is 9.64 Å². The minimum atomic E-state index is -0.598. The van der Waals surface area contributed by atoms with Crippen LogP contribution in [0.2, 0.25) is 0 Å². The van der Waals surface area contributed by atoms with Crippen molar-refractivity contribution in [2.45, 2.75) is 5.41 Å². The predicted molar refractivity (Wildman–Crippen MR) is 244 cm³/mol. The molecule has 10 aromatic carbocycles. The minimum Gasteiger partial charge on any atom is -0.456 e. The van der Waals surface area contributed by atoms with E-state index in [2.05, 4.69) is 229 Å². The second kappa shape index (κ2) is 13.2. The summed E-state index contributed by atoms with van der Waals surface area (Å²) in [6.45, 7) is 0. The summed E-state index contributed by atoms with van der Waals surface area (Å²) in [5.41, 5.74) is 14.8. The molecule has 12 rings (SSSR count). The van der Waals surface area contributed by atoms with Crippen molar-refractivity contribution in [1.29, 1.82) is 0 Å². The maximum Gasteiger partial charge on any atom is 0.140 e. The van der Waals surface area contributed by atoms with E-state index in [4.69, 9.17) is 4.74 Å². The van der Waals surface area contributed by atoms with Crippen LogP contribution in [0, 0.1) is 0 Å². The highest BCUT2D eigenvalue weighted by atomic mass is 16.5. The zero-order valence-corrected chi connectivity index (χ0v) is 32.2. The Morgan fingerprint density at radius 3 is 1.73 bits per heavy atom. The van der Waals surface area contributed by atoms with Crippen LogP contribution < -0.4 is 9.64 Å². The zero-order chi connectivity index (χ0) is 38.9. The fraction of sp³-hybridized carbons (Fsp3) is 0.0175. The highest BCUT2D eigenvalue weighted by Gasteiger charge is 2.52. The van der Waals surface area contributed by atoms with Gasteiger partial charge in [-0.05, 0) is 97.6 Å². The molecule has 1 aliphatic heterocycles. The van der Waals surface area contributed by atoms with Crippen LogP contribution in [0.25, 0.3) is 54.9 Å². The summed E-state index contributed by atoms with van der Waals surface area (Å²) in [4.78, 5) is 2.44. The largest absolute Gasteiger partial charge is 0.456 e. The highest BCUT2D eigenvalue weighted by Crippen LogP contribution is 2.64. The van der Waals surface area contributed by atoms with E-state index in [9.17, 15) is 0 Å². The SMILES string of the molecule is c1ccc(-c2ccc(N(c3ccc(-c4ccc5ccccc5c4)cc3)c3cccc4c3-c3ccccc3C43c4ccccc4Oc4c3ccc3ccccc43)cc2)cc1. The van der Waals surface area contributed by atoms with E-state index in [1.165, 1.54) is 60.7 Å². The van der Waals surface area contributed by atoms with Gasteiger partial charge in [0.25, 0.3) is 0 Å². The van der Waals surface area contributed by atoms with Crippen LogP contribution in [0.15, 0.2) is 224 Å². The van der Waals surface area contributed by atoms with E-state index in [-0.39, 0.29) is 0 Å². The van der Waals surface area contributed by atoms with Crippen LogP contribution in [0.1, 0.15) is 22.3 Å². The number of nitrogens with zero attached hydrogens (tertiary/aromatic N) is 1. The Morgan fingerprint density at radius 1 is 0.356 bits per heavy atom. The lowest BCUT2D eigenvalue weighted by Gasteiger charge is -2.40. The highest BCUT2D eigenvalue weighted by molar-refractivity contribution is 6.01. The quantitative estimate of drug-likeness (QED) is 0.174. The van der Waals surface area contributed by atoms with Crippen molar-refractivity contribution in [2.75, 3.05) is 4.90 Å². The standard InChI is InChI=1S/C57H37NO/c1-2-13-38(14-3-1)40-27-32-45(33-28-40)58(46-34-29-41(30-35-46)44-26-25-39-15-4-5-17-43(39)37-44)53-23-12-22-51-55(53)48-19-8-9-20-49(48)57(51)50-21-10-11-24-54(50)59-56-47-18-7-6-16-42(47)31-36-52(56)57/h1-37H. The molecule has 0 N–H and O–H groups in total. The topological polar surface area (TPSA) is 12.5 Å². The smallest absolute Gasteiger partial charge is 0.140 e. The molecule has 2 aliphatic rings. The number of para-hydroxylation sites is 1. The van der Waals surface area contributed by atoms with E-state index in [0.717, 1.165) is 45.1 Å². The molecular formula is C57H37NO. The van der Waals surface area contributed by atoms with Gasteiger partial charge in [-0.15, -0.1) is 0 Å². The van der Waals surface area contributed by atoms with E-state index in [1.54, 1.807) is 0 Å². The van der Waals surface area contributed by atoms with Crippen molar-refractivity contribution < 1.29 is 4.74 Å². The Balaban J connectivity index is 1.09. The third-order valence-electron chi connectivity index (χ3n) is 12.5. The lowest BCUT2D eigenvalue weighted by Crippen LogP contribution is -2.32. The summed E-state index contributed by atoms with van der Waals surface area (Å²) in [5, 5.41) is 4.77. The maximum absolute atomic E-state index is 6.93. The number of hydrogen-bond acceptors (Lipinski definition) is 2. The summed E-state index contributed by atoms with van der Waals surface area (Å²) >= 11 is 0. The number of anilines is 3. The average molecular weight is 752 g/mol. The van der Waals surface area contributed by atoms with Crippen LogP contribution in [-0.2, 0) is 5.41 Å². The molecule has 0 radical (unpaired) electrons. The van der Waals surface area contributed by atoms with Crippen LogP contribution in [0.3, 0.4) is 0 Å². The van der Waals surface area contributed by atoms with Gasteiger partial charge in [-0.2, -0.15) is 0 Å². The Bertz CT molecular complexity index is 3240. The van der Waals surface area contributed by atoms with Crippen molar-refractivity contribution >= 4 is 38.6 Å². The van der Waals surface area contributed by atoms with Crippen LogP contribution in [0.4, 0.5) is 17.1 Å². The molecule has 276 valence electrons. The van der Waals surface area contributed by atoms with Crippen molar-refractivity contribution in [3.05, 3.63) is 247 Å². The summed E-state index contributed by atoms with van der Waals surface area (Å²) in [6, 6.07) is 81.7. The van der Waals surface area contributed by atoms with Crippen LogP contribution >= 0.6 is 0 Å². The second-order valence-electron chi connectivity index (χ2n) is 15.6. The van der Waals surface area contributed by atoms with Gasteiger partial charge in [0.05, 0.1) is 11.1 Å². The number of fused-ring (bicyclic) bond motifs is 12. The van der Waals surface area contributed by atoms with Gasteiger partial charge in [0.15, 0.2) is 0 Å². The van der Waals surface area contributed by atoms with E-state index >= 15 is 0 Å². The molecule has 1 unspecified atom stereocenters. The van der Waals surface area contributed by atoms with Crippen LogP contribution in [-0.4, -0.2) is 0 Å². The molecule has 0 amide bonds. The Labute approximate surface area is 343 Å². The molecule has 0 saturated heterocycles.